The number of unbranched alkanes of at least 4 members (excludes halogenated alkanes) is 1. The molecule has 0 heterocycles. The lowest BCUT2D eigenvalue weighted by Crippen LogP contribution is -2.30. The second-order valence-electron chi connectivity index (χ2n) is 6.19. The molecule has 1 unspecified atom stereocenters. The maximum absolute atomic E-state index is 12.7. The number of benzene rings is 1. The Morgan fingerprint density at radius 1 is 1.19 bits per heavy atom. The number of hydrogen-bond acceptors (Lipinski definition) is 4. The molecule has 1 aromatic carbocycles. The first-order valence-corrected chi connectivity index (χ1v) is 10.8. The molecule has 0 aliphatic heterocycles. The number of nitrogens with one attached hydrogen (secondary N) is 1. The fourth-order valence-corrected chi connectivity index (χ4v) is 4.35. The lowest BCUT2D eigenvalue weighted by molar-refractivity contribution is -0.120. The molecule has 7 heteroatoms. The van der Waals surface area contributed by atoms with E-state index in [0.717, 1.165) is 25.7 Å². The highest BCUT2D eigenvalue weighted by atomic mass is 32.2. The Kier molecular flexibility index (Phi) is 9.08. The second kappa shape index (κ2) is 10.5. The van der Waals surface area contributed by atoms with E-state index in [1.165, 1.54) is 23.5 Å². The molecule has 0 aliphatic rings. The zero-order valence-electron chi connectivity index (χ0n) is 16.5. The van der Waals surface area contributed by atoms with Gasteiger partial charge in [0, 0.05) is 19.0 Å². The Balaban J connectivity index is 3.16. The van der Waals surface area contributed by atoms with Crippen LogP contribution in [0.1, 0.15) is 53.4 Å². The summed E-state index contributed by atoms with van der Waals surface area (Å²) in [5, 5.41) is 2.86. The molecule has 1 aromatic rings. The summed E-state index contributed by atoms with van der Waals surface area (Å²) in [6, 6.07) is 4.58. The van der Waals surface area contributed by atoms with Crippen LogP contribution in [0.3, 0.4) is 0 Å². The Labute approximate surface area is 158 Å². The van der Waals surface area contributed by atoms with Crippen LogP contribution in [0.2, 0.25) is 0 Å². The first kappa shape index (κ1) is 22.4. The van der Waals surface area contributed by atoms with Crippen molar-refractivity contribution in [1.29, 1.82) is 0 Å². The van der Waals surface area contributed by atoms with Crippen molar-refractivity contribution in [2.75, 3.05) is 25.5 Å². The Bertz CT molecular complexity index is 685. The lowest BCUT2D eigenvalue weighted by Gasteiger charge is -2.20. The van der Waals surface area contributed by atoms with E-state index in [2.05, 4.69) is 12.2 Å². The van der Waals surface area contributed by atoms with Crippen molar-refractivity contribution in [2.24, 2.45) is 5.92 Å². The van der Waals surface area contributed by atoms with Gasteiger partial charge in [-0.3, -0.25) is 4.79 Å². The zero-order valence-corrected chi connectivity index (χ0v) is 17.4. The normalized spacial score (nSPS) is 12.8. The van der Waals surface area contributed by atoms with Crippen molar-refractivity contribution in [3.63, 3.8) is 0 Å². The summed E-state index contributed by atoms with van der Waals surface area (Å²) < 4.78 is 32.2. The minimum absolute atomic E-state index is 0.0947. The standard InChI is InChI=1S/C19H32N2O4S/c1-6-10-11-15(7-2)19(22)20-17-14-16(12-13-18(17)25-5)26(23,24)21(8-3)9-4/h12-15H,6-11H2,1-5H3,(H,20,22). The van der Waals surface area contributed by atoms with Gasteiger partial charge in [-0.1, -0.05) is 40.5 Å². The van der Waals surface area contributed by atoms with E-state index in [4.69, 9.17) is 4.74 Å². The Morgan fingerprint density at radius 3 is 2.35 bits per heavy atom. The highest BCUT2D eigenvalue weighted by Gasteiger charge is 2.24. The molecule has 0 fully saturated rings. The van der Waals surface area contributed by atoms with Gasteiger partial charge in [0.1, 0.15) is 5.75 Å². The van der Waals surface area contributed by atoms with Gasteiger partial charge in [-0.05, 0) is 31.0 Å². The van der Waals surface area contributed by atoms with E-state index in [1.54, 1.807) is 19.9 Å². The second-order valence-corrected chi connectivity index (χ2v) is 8.13. The number of anilines is 1. The van der Waals surface area contributed by atoms with Gasteiger partial charge < -0.3 is 10.1 Å². The van der Waals surface area contributed by atoms with E-state index in [-0.39, 0.29) is 16.7 Å². The fraction of sp³-hybridized carbons (Fsp3) is 0.632. The third kappa shape index (κ3) is 5.45. The highest BCUT2D eigenvalue weighted by molar-refractivity contribution is 7.89. The van der Waals surface area contributed by atoms with Gasteiger partial charge in [-0.2, -0.15) is 4.31 Å². The van der Waals surface area contributed by atoms with E-state index < -0.39 is 10.0 Å². The van der Waals surface area contributed by atoms with Gasteiger partial charge in [0.05, 0.1) is 17.7 Å². The molecular weight excluding hydrogens is 352 g/mol. The molecule has 6 nitrogen and oxygen atoms in total. The van der Waals surface area contributed by atoms with Crippen LogP contribution in [0.5, 0.6) is 5.75 Å². The van der Waals surface area contributed by atoms with E-state index in [0.29, 0.717) is 24.5 Å². The molecule has 1 atom stereocenters. The SMILES string of the molecule is CCCCC(CC)C(=O)Nc1cc(S(=O)(=O)N(CC)CC)ccc1OC. The lowest BCUT2D eigenvalue weighted by atomic mass is 9.98. The summed E-state index contributed by atoms with van der Waals surface area (Å²) in [5.41, 5.74) is 0.390. The van der Waals surface area contributed by atoms with Crippen molar-refractivity contribution in [2.45, 2.75) is 58.3 Å². The smallest absolute Gasteiger partial charge is 0.243 e. The van der Waals surface area contributed by atoms with E-state index in [9.17, 15) is 13.2 Å². The number of carbonyl (C=O) groups is 1. The molecule has 26 heavy (non-hydrogen) atoms. The summed E-state index contributed by atoms with van der Waals surface area (Å²) in [7, 11) is -2.10. The first-order chi connectivity index (χ1) is 12.3. The third-order valence-electron chi connectivity index (χ3n) is 4.54. The molecule has 0 bridgehead atoms. The monoisotopic (exact) mass is 384 g/mol. The van der Waals surface area contributed by atoms with E-state index in [1.807, 2.05) is 6.92 Å². The van der Waals surface area contributed by atoms with Crippen molar-refractivity contribution < 1.29 is 17.9 Å². The highest BCUT2D eigenvalue weighted by Crippen LogP contribution is 2.30. The van der Waals surface area contributed by atoms with E-state index >= 15 is 0 Å². The number of methoxy groups -OCH3 is 1. The maximum Gasteiger partial charge on any atom is 0.243 e. The maximum atomic E-state index is 12.7. The summed E-state index contributed by atoms with van der Waals surface area (Å²) in [5.74, 6) is 0.251. The van der Waals surface area contributed by atoms with Crippen molar-refractivity contribution >= 4 is 21.6 Å². The van der Waals surface area contributed by atoms with Crippen LogP contribution in [0.4, 0.5) is 5.69 Å². The Hall–Kier alpha value is -1.60. The molecule has 1 amide bonds. The summed E-state index contributed by atoms with van der Waals surface area (Å²) >= 11 is 0. The van der Waals surface area contributed by atoms with Gasteiger partial charge >= 0.3 is 0 Å². The van der Waals surface area contributed by atoms with Crippen LogP contribution in [-0.2, 0) is 14.8 Å². The average Bonchev–Trinajstić information content (AvgIpc) is 2.63. The molecule has 0 saturated heterocycles. The number of rotatable bonds is 11. The van der Waals surface area contributed by atoms with Gasteiger partial charge in [0.25, 0.3) is 0 Å². The van der Waals surface area contributed by atoms with Gasteiger partial charge in [-0.25, -0.2) is 8.42 Å². The number of carbonyl (C=O) groups excluding carboxylic acids is 1. The summed E-state index contributed by atoms with van der Waals surface area (Å²) in [6.07, 6.45) is 3.58. The number of amides is 1. The van der Waals surface area contributed by atoms with Crippen molar-refractivity contribution in [1.82, 2.24) is 4.31 Å². The topological polar surface area (TPSA) is 75.7 Å². The molecule has 148 valence electrons. The largest absolute Gasteiger partial charge is 0.495 e. The van der Waals surface area contributed by atoms with Crippen LogP contribution in [0.25, 0.3) is 0 Å². The Morgan fingerprint density at radius 2 is 1.85 bits per heavy atom. The fourth-order valence-electron chi connectivity index (χ4n) is 2.86. The molecule has 0 radical (unpaired) electrons. The molecule has 1 N–H and O–H groups in total. The third-order valence-corrected chi connectivity index (χ3v) is 6.59. The minimum Gasteiger partial charge on any atom is -0.495 e. The number of hydrogen-bond donors (Lipinski definition) is 1. The van der Waals surface area contributed by atoms with Crippen molar-refractivity contribution in [3.8, 4) is 5.75 Å². The average molecular weight is 385 g/mol. The number of sulfonamides is 1. The summed E-state index contributed by atoms with van der Waals surface area (Å²) in [6.45, 7) is 8.45. The quantitative estimate of drug-likeness (QED) is 0.628. The van der Waals surface area contributed by atoms with Crippen LogP contribution < -0.4 is 10.1 Å². The molecule has 1 rings (SSSR count). The van der Waals surface area contributed by atoms with Gasteiger partial charge in [0.15, 0.2) is 0 Å². The van der Waals surface area contributed by atoms with Gasteiger partial charge in [0.2, 0.25) is 15.9 Å². The number of ether oxygens (including phenoxy) is 1. The van der Waals surface area contributed by atoms with Crippen LogP contribution in [-0.4, -0.2) is 38.8 Å². The molecule has 0 aliphatic carbocycles. The van der Waals surface area contributed by atoms with Gasteiger partial charge in [-0.15, -0.1) is 0 Å². The predicted molar refractivity (Wildman–Crippen MR) is 105 cm³/mol. The van der Waals surface area contributed by atoms with Crippen LogP contribution in [0.15, 0.2) is 23.1 Å². The molecule has 0 spiro atoms. The zero-order chi connectivity index (χ0) is 19.7. The first-order valence-electron chi connectivity index (χ1n) is 9.34. The minimum atomic E-state index is -3.60. The predicted octanol–water partition coefficient (Wildman–Crippen LogP) is 3.88. The molecule has 0 saturated carbocycles. The van der Waals surface area contributed by atoms with Crippen LogP contribution in [0, 0.1) is 5.92 Å². The molecule has 0 aromatic heterocycles. The summed E-state index contributed by atoms with van der Waals surface area (Å²) in [4.78, 5) is 12.8. The van der Waals surface area contributed by atoms with Crippen molar-refractivity contribution in [3.05, 3.63) is 18.2 Å². The van der Waals surface area contributed by atoms with Crippen LogP contribution >= 0.6 is 0 Å². The number of nitrogens with zero attached hydrogens (tertiary/aromatic N) is 1. The molecular formula is C19H32N2O4S.